The first-order valence-electron chi connectivity index (χ1n) is 6.29. The average Bonchev–Trinajstić information content (AvgIpc) is 2.39. The molecule has 19 heavy (non-hydrogen) atoms. The predicted octanol–water partition coefficient (Wildman–Crippen LogP) is 1.93. The molecule has 1 unspecified atom stereocenters. The summed E-state index contributed by atoms with van der Waals surface area (Å²) in [6.45, 7) is 2.57. The van der Waals surface area contributed by atoms with Crippen LogP contribution in [0.2, 0.25) is 0 Å². The molecule has 106 valence electrons. The van der Waals surface area contributed by atoms with Gasteiger partial charge in [-0.1, -0.05) is 0 Å². The van der Waals surface area contributed by atoms with Gasteiger partial charge in [-0.15, -0.1) is 0 Å². The molecule has 0 aromatic carbocycles. The lowest BCUT2D eigenvalue weighted by Gasteiger charge is -2.27. The summed E-state index contributed by atoms with van der Waals surface area (Å²) in [6, 6.07) is 0.888. The van der Waals surface area contributed by atoms with Crippen molar-refractivity contribution in [2.45, 2.75) is 19.0 Å². The number of hydrogen-bond donors (Lipinski definition) is 1. The standard InChI is InChI=1S/C12H17F3N4/c1-19(8-9-3-2-5-16-7-9)11-17-6-4-10(18-11)12(13,14)15/h4,6,9,16H,2-3,5,7-8H2,1H3. The van der Waals surface area contributed by atoms with Gasteiger partial charge in [-0.2, -0.15) is 13.2 Å². The van der Waals surface area contributed by atoms with E-state index in [0.29, 0.717) is 12.5 Å². The van der Waals surface area contributed by atoms with Crippen LogP contribution in [0.1, 0.15) is 18.5 Å². The number of aromatic nitrogens is 2. The third kappa shape index (κ3) is 3.79. The number of alkyl halides is 3. The second kappa shape index (κ2) is 5.73. The van der Waals surface area contributed by atoms with Crippen molar-refractivity contribution < 1.29 is 13.2 Å². The second-order valence-electron chi connectivity index (χ2n) is 4.83. The molecule has 2 heterocycles. The summed E-state index contributed by atoms with van der Waals surface area (Å²) in [4.78, 5) is 9.18. The molecule has 1 N–H and O–H groups in total. The van der Waals surface area contributed by atoms with Crippen molar-refractivity contribution in [1.29, 1.82) is 0 Å². The Labute approximate surface area is 110 Å². The fourth-order valence-electron chi connectivity index (χ4n) is 2.24. The van der Waals surface area contributed by atoms with Crippen LogP contribution in [-0.4, -0.2) is 36.6 Å². The van der Waals surface area contributed by atoms with E-state index in [1.54, 1.807) is 11.9 Å². The molecule has 0 bridgehead atoms. The molecule has 0 saturated carbocycles. The molecule has 0 aliphatic carbocycles. The largest absolute Gasteiger partial charge is 0.433 e. The van der Waals surface area contributed by atoms with E-state index in [-0.39, 0.29) is 5.95 Å². The highest BCUT2D eigenvalue weighted by Crippen LogP contribution is 2.28. The van der Waals surface area contributed by atoms with Gasteiger partial charge in [0.05, 0.1) is 0 Å². The summed E-state index contributed by atoms with van der Waals surface area (Å²) in [5.74, 6) is 0.553. The van der Waals surface area contributed by atoms with E-state index in [2.05, 4.69) is 15.3 Å². The molecule has 7 heteroatoms. The van der Waals surface area contributed by atoms with Crippen molar-refractivity contribution in [3.05, 3.63) is 18.0 Å². The normalized spacial score (nSPS) is 20.3. The summed E-state index contributed by atoms with van der Waals surface area (Å²) in [5, 5.41) is 3.28. The predicted molar refractivity (Wildman–Crippen MR) is 65.9 cm³/mol. The van der Waals surface area contributed by atoms with E-state index in [0.717, 1.165) is 38.2 Å². The Hall–Kier alpha value is -1.37. The molecular weight excluding hydrogens is 257 g/mol. The molecule has 1 atom stereocenters. The van der Waals surface area contributed by atoms with Crippen LogP contribution < -0.4 is 10.2 Å². The lowest BCUT2D eigenvalue weighted by Crippen LogP contribution is -2.37. The van der Waals surface area contributed by atoms with Crippen LogP contribution in [0.5, 0.6) is 0 Å². The van der Waals surface area contributed by atoms with Gasteiger partial charge in [0.25, 0.3) is 0 Å². The number of piperidine rings is 1. The molecule has 4 nitrogen and oxygen atoms in total. The molecule has 1 aromatic heterocycles. The lowest BCUT2D eigenvalue weighted by atomic mass is 9.99. The molecule has 0 radical (unpaired) electrons. The SMILES string of the molecule is CN(CC1CCCNC1)c1nccc(C(F)(F)F)n1. The van der Waals surface area contributed by atoms with Gasteiger partial charge in [0, 0.05) is 19.8 Å². The molecule has 1 fully saturated rings. The maximum absolute atomic E-state index is 12.6. The van der Waals surface area contributed by atoms with Gasteiger partial charge in [0.15, 0.2) is 0 Å². The van der Waals surface area contributed by atoms with Crippen LogP contribution in [0.4, 0.5) is 19.1 Å². The Bertz CT molecular complexity index is 416. The first-order valence-corrected chi connectivity index (χ1v) is 6.29. The van der Waals surface area contributed by atoms with Gasteiger partial charge >= 0.3 is 6.18 Å². The third-order valence-electron chi connectivity index (χ3n) is 3.21. The van der Waals surface area contributed by atoms with Gasteiger partial charge in [0.2, 0.25) is 5.95 Å². The molecule has 0 spiro atoms. The Morgan fingerprint density at radius 2 is 2.26 bits per heavy atom. The van der Waals surface area contributed by atoms with Crippen LogP contribution >= 0.6 is 0 Å². The Morgan fingerprint density at radius 1 is 1.47 bits per heavy atom. The summed E-state index contributed by atoms with van der Waals surface area (Å²) in [7, 11) is 1.73. The molecule has 1 aromatic rings. The highest BCUT2D eigenvalue weighted by Gasteiger charge is 2.33. The van der Waals surface area contributed by atoms with E-state index in [9.17, 15) is 13.2 Å². The quantitative estimate of drug-likeness (QED) is 0.914. The second-order valence-corrected chi connectivity index (χ2v) is 4.83. The third-order valence-corrected chi connectivity index (χ3v) is 3.21. The smallest absolute Gasteiger partial charge is 0.344 e. The van der Waals surface area contributed by atoms with Crippen molar-refractivity contribution in [1.82, 2.24) is 15.3 Å². The van der Waals surface area contributed by atoms with Crippen LogP contribution in [0, 0.1) is 5.92 Å². The summed E-state index contributed by atoms with van der Waals surface area (Å²) in [5.41, 5.74) is -0.897. The monoisotopic (exact) mass is 274 g/mol. The van der Waals surface area contributed by atoms with Crippen LogP contribution in [0.3, 0.4) is 0 Å². The fourth-order valence-corrected chi connectivity index (χ4v) is 2.24. The number of halogens is 3. The minimum atomic E-state index is -4.43. The maximum atomic E-state index is 12.6. The summed E-state index contributed by atoms with van der Waals surface area (Å²) in [6.07, 6.45) is -1.09. The zero-order chi connectivity index (χ0) is 13.9. The fraction of sp³-hybridized carbons (Fsp3) is 0.667. The van der Waals surface area contributed by atoms with E-state index >= 15 is 0 Å². The highest BCUT2D eigenvalue weighted by atomic mass is 19.4. The van der Waals surface area contributed by atoms with Crippen molar-refractivity contribution >= 4 is 5.95 Å². The first kappa shape index (κ1) is 14.0. The van der Waals surface area contributed by atoms with Crippen molar-refractivity contribution in [2.24, 2.45) is 5.92 Å². The molecular formula is C12H17F3N4. The number of hydrogen-bond acceptors (Lipinski definition) is 4. The van der Waals surface area contributed by atoms with Crippen LogP contribution in [-0.2, 0) is 6.18 Å². The van der Waals surface area contributed by atoms with Gasteiger partial charge < -0.3 is 10.2 Å². The lowest BCUT2D eigenvalue weighted by molar-refractivity contribution is -0.141. The minimum Gasteiger partial charge on any atom is -0.344 e. The zero-order valence-corrected chi connectivity index (χ0v) is 10.7. The Kier molecular flexibility index (Phi) is 4.24. The molecule has 1 aliphatic rings. The summed E-state index contributed by atoms with van der Waals surface area (Å²) >= 11 is 0. The summed E-state index contributed by atoms with van der Waals surface area (Å²) < 4.78 is 37.7. The highest BCUT2D eigenvalue weighted by molar-refractivity contribution is 5.29. The first-order chi connectivity index (χ1) is 8.97. The Balaban J connectivity index is 2.04. The van der Waals surface area contributed by atoms with Gasteiger partial charge in [-0.05, 0) is 37.9 Å². The van der Waals surface area contributed by atoms with Crippen molar-refractivity contribution in [3.63, 3.8) is 0 Å². The number of rotatable bonds is 3. The Morgan fingerprint density at radius 3 is 2.89 bits per heavy atom. The van der Waals surface area contributed by atoms with E-state index < -0.39 is 11.9 Å². The van der Waals surface area contributed by atoms with E-state index in [1.807, 2.05) is 0 Å². The van der Waals surface area contributed by atoms with Gasteiger partial charge in [-0.3, -0.25) is 0 Å². The molecule has 1 saturated heterocycles. The van der Waals surface area contributed by atoms with Crippen molar-refractivity contribution in [2.75, 3.05) is 31.6 Å². The number of nitrogens with zero attached hydrogens (tertiary/aromatic N) is 3. The van der Waals surface area contributed by atoms with Gasteiger partial charge in [0.1, 0.15) is 5.69 Å². The zero-order valence-electron chi connectivity index (χ0n) is 10.7. The molecule has 0 amide bonds. The maximum Gasteiger partial charge on any atom is 0.433 e. The molecule has 2 rings (SSSR count). The van der Waals surface area contributed by atoms with E-state index in [1.165, 1.54) is 0 Å². The average molecular weight is 274 g/mol. The minimum absolute atomic E-state index is 0.125. The topological polar surface area (TPSA) is 41.0 Å². The van der Waals surface area contributed by atoms with Crippen LogP contribution in [0.25, 0.3) is 0 Å². The molecule has 1 aliphatic heterocycles. The van der Waals surface area contributed by atoms with Gasteiger partial charge in [-0.25, -0.2) is 9.97 Å². The number of anilines is 1. The number of nitrogens with one attached hydrogen (secondary N) is 1. The van der Waals surface area contributed by atoms with Crippen molar-refractivity contribution in [3.8, 4) is 0 Å². The van der Waals surface area contributed by atoms with Crippen LogP contribution in [0.15, 0.2) is 12.3 Å². The van der Waals surface area contributed by atoms with E-state index in [4.69, 9.17) is 0 Å².